The molecule has 0 aromatic rings. The lowest BCUT2D eigenvalue weighted by molar-refractivity contribution is 0.209. The Hall–Kier alpha value is 0.310. The molecular weight excluding hydrogens is 238 g/mol. The van der Waals surface area contributed by atoms with Crippen molar-refractivity contribution in [3.63, 3.8) is 0 Å². The van der Waals surface area contributed by atoms with Gasteiger partial charge < -0.3 is 5.32 Å². The highest BCUT2D eigenvalue weighted by atomic mass is 32.2. The lowest BCUT2D eigenvalue weighted by Gasteiger charge is -2.36. The largest absolute Gasteiger partial charge is 0.311 e. The molecule has 2 atom stereocenters. The zero-order valence-electron chi connectivity index (χ0n) is 12.5. The number of thioether (sulfide) groups is 1. The fourth-order valence-electron chi connectivity index (χ4n) is 3.78. The predicted octanol–water partition coefficient (Wildman–Crippen LogP) is 4.47. The maximum atomic E-state index is 3.98. The van der Waals surface area contributed by atoms with Gasteiger partial charge in [0.15, 0.2) is 0 Å². The third kappa shape index (κ3) is 4.16. The van der Waals surface area contributed by atoms with Gasteiger partial charge in [-0.1, -0.05) is 26.7 Å². The molecule has 0 amide bonds. The van der Waals surface area contributed by atoms with E-state index in [1.165, 1.54) is 51.4 Å². The molecular formula is C16H31NS. The van der Waals surface area contributed by atoms with Crippen molar-refractivity contribution in [2.24, 2.45) is 11.8 Å². The van der Waals surface area contributed by atoms with Crippen LogP contribution in [-0.4, -0.2) is 23.6 Å². The van der Waals surface area contributed by atoms with Crippen molar-refractivity contribution in [1.82, 2.24) is 5.32 Å². The third-order valence-corrected chi connectivity index (χ3v) is 6.27. The lowest BCUT2D eigenvalue weighted by Crippen LogP contribution is -2.43. The second kappa shape index (κ2) is 7.19. The highest BCUT2D eigenvalue weighted by Crippen LogP contribution is 2.32. The molecule has 2 aliphatic carbocycles. The molecule has 2 fully saturated rings. The monoisotopic (exact) mass is 269 g/mol. The first-order chi connectivity index (χ1) is 8.69. The molecule has 0 aromatic heterocycles. The van der Waals surface area contributed by atoms with Gasteiger partial charge in [-0.05, 0) is 56.6 Å². The fourth-order valence-corrected chi connectivity index (χ4v) is 4.53. The summed E-state index contributed by atoms with van der Waals surface area (Å²) in [6, 6.07) is 1.64. The summed E-state index contributed by atoms with van der Waals surface area (Å²) < 4.78 is 0. The summed E-state index contributed by atoms with van der Waals surface area (Å²) in [7, 11) is 0. The smallest absolute Gasteiger partial charge is 0.00723 e. The Labute approximate surface area is 118 Å². The maximum absolute atomic E-state index is 3.98. The molecule has 106 valence electrons. The van der Waals surface area contributed by atoms with Crippen LogP contribution in [0, 0.1) is 11.8 Å². The van der Waals surface area contributed by atoms with E-state index in [1.807, 2.05) is 0 Å². The molecule has 0 aromatic carbocycles. The van der Waals surface area contributed by atoms with Crippen LogP contribution in [0.25, 0.3) is 0 Å². The van der Waals surface area contributed by atoms with Gasteiger partial charge in [0.2, 0.25) is 0 Å². The average Bonchev–Trinajstić information content (AvgIpc) is 2.40. The molecule has 1 N–H and O–H groups in total. The van der Waals surface area contributed by atoms with Crippen molar-refractivity contribution in [2.45, 2.75) is 82.5 Å². The molecule has 2 heteroatoms. The van der Waals surface area contributed by atoms with E-state index in [-0.39, 0.29) is 0 Å². The Morgan fingerprint density at radius 1 is 0.944 bits per heavy atom. The molecule has 2 rings (SSSR count). The Balaban J connectivity index is 1.73. The molecule has 0 heterocycles. The SMILES string of the molecule is CSC1CCC(NC2CCCC(C(C)C)C2)CC1. The topological polar surface area (TPSA) is 12.0 Å². The van der Waals surface area contributed by atoms with Crippen molar-refractivity contribution >= 4 is 11.8 Å². The van der Waals surface area contributed by atoms with Crippen LogP contribution < -0.4 is 5.32 Å². The summed E-state index contributed by atoms with van der Waals surface area (Å²) >= 11 is 2.07. The Morgan fingerprint density at radius 2 is 1.67 bits per heavy atom. The first-order valence-corrected chi connectivity index (χ1v) is 9.26. The van der Waals surface area contributed by atoms with Crippen LogP contribution in [0.4, 0.5) is 0 Å². The second-order valence-electron chi connectivity index (χ2n) is 6.74. The molecule has 2 saturated carbocycles. The van der Waals surface area contributed by atoms with Crippen molar-refractivity contribution in [3.8, 4) is 0 Å². The van der Waals surface area contributed by atoms with Crippen molar-refractivity contribution in [1.29, 1.82) is 0 Å². The maximum Gasteiger partial charge on any atom is 0.00723 e. The second-order valence-corrected chi connectivity index (χ2v) is 7.88. The summed E-state index contributed by atoms with van der Waals surface area (Å²) in [6.07, 6.45) is 13.7. The Kier molecular flexibility index (Phi) is 5.88. The van der Waals surface area contributed by atoms with Crippen LogP contribution in [0.15, 0.2) is 0 Å². The standard InChI is InChI=1S/C16H31NS/c1-12(2)13-5-4-6-15(11-13)17-14-7-9-16(18-3)10-8-14/h12-17H,4-11H2,1-3H3. The molecule has 2 aliphatic rings. The van der Waals surface area contributed by atoms with Gasteiger partial charge in [0.05, 0.1) is 0 Å². The summed E-state index contributed by atoms with van der Waals surface area (Å²) in [4.78, 5) is 0. The minimum atomic E-state index is 0.821. The van der Waals surface area contributed by atoms with E-state index in [0.29, 0.717) is 0 Å². The van der Waals surface area contributed by atoms with Crippen LogP contribution in [0.2, 0.25) is 0 Å². The molecule has 0 spiro atoms. The molecule has 0 aliphatic heterocycles. The number of rotatable bonds is 4. The molecule has 0 bridgehead atoms. The van der Waals surface area contributed by atoms with Crippen LogP contribution in [0.1, 0.15) is 65.2 Å². The van der Waals surface area contributed by atoms with Crippen LogP contribution in [-0.2, 0) is 0 Å². The van der Waals surface area contributed by atoms with Crippen molar-refractivity contribution in [3.05, 3.63) is 0 Å². The van der Waals surface area contributed by atoms with E-state index in [9.17, 15) is 0 Å². The van der Waals surface area contributed by atoms with Gasteiger partial charge in [-0.3, -0.25) is 0 Å². The summed E-state index contributed by atoms with van der Waals surface area (Å²) in [5.41, 5.74) is 0. The van der Waals surface area contributed by atoms with E-state index in [1.54, 1.807) is 0 Å². The van der Waals surface area contributed by atoms with Gasteiger partial charge in [-0.25, -0.2) is 0 Å². The Bertz CT molecular complexity index is 233. The average molecular weight is 269 g/mol. The Morgan fingerprint density at radius 3 is 2.28 bits per heavy atom. The number of nitrogens with one attached hydrogen (secondary N) is 1. The summed E-state index contributed by atoms with van der Waals surface area (Å²) in [5, 5.41) is 4.92. The highest BCUT2D eigenvalue weighted by Gasteiger charge is 2.27. The summed E-state index contributed by atoms with van der Waals surface area (Å²) in [6.45, 7) is 4.80. The minimum Gasteiger partial charge on any atom is -0.311 e. The van der Waals surface area contributed by atoms with Crippen LogP contribution in [0.3, 0.4) is 0 Å². The van der Waals surface area contributed by atoms with E-state index in [2.05, 4.69) is 37.2 Å². The third-order valence-electron chi connectivity index (χ3n) is 5.14. The van der Waals surface area contributed by atoms with Gasteiger partial charge in [0.1, 0.15) is 0 Å². The normalized spacial score (nSPS) is 38.0. The van der Waals surface area contributed by atoms with Gasteiger partial charge in [0.25, 0.3) is 0 Å². The number of hydrogen-bond donors (Lipinski definition) is 1. The first-order valence-electron chi connectivity index (χ1n) is 7.98. The zero-order chi connectivity index (χ0) is 13.0. The van der Waals surface area contributed by atoms with E-state index in [4.69, 9.17) is 0 Å². The fraction of sp³-hybridized carbons (Fsp3) is 1.00. The molecule has 1 nitrogen and oxygen atoms in total. The first kappa shape index (κ1) is 14.7. The van der Waals surface area contributed by atoms with Crippen LogP contribution in [0.5, 0.6) is 0 Å². The van der Waals surface area contributed by atoms with E-state index < -0.39 is 0 Å². The zero-order valence-corrected chi connectivity index (χ0v) is 13.3. The highest BCUT2D eigenvalue weighted by molar-refractivity contribution is 7.99. The van der Waals surface area contributed by atoms with Crippen LogP contribution >= 0.6 is 11.8 Å². The van der Waals surface area contributed by atoms with Gasteiger partial charge in [-0.2, -0.15) is 11.8 Å². The van der Waals surface area contributed by atoms with E-state index in [0.717, 1.165) is 29.2 Å². The molecule has 2 unspecified atom stereocenters. The summed E-state index contributed by atoms with van der Waals surface area (Å²) in [5.74, 6) is 1.85. The van der Waals surface area contributed by atoms with Crippen molar-refractivity contribution in [2.75, 3.05) is 6.26 Å². The minimum absolute atomic E-state index is 0.821. The molecule has 0 saturated heterocycles. The molecule has 18 heavy (non-hydrogen) atoms. The molecule has 0 radical (unpaired) electrons. The quantitative estimate of drug-likeness (QED) is 0.808. The van der Waals surface area contributed by atoms with Gasteiger partial charge in [0, 0.05) is 17.3 Å². The van der Waals surface area contributed by atoms with Gasteiger partial charge >= 0.3 is 0 Å². The number of hydrogen-bond acceptors (Lipinski definition) is 2. The van der Waals surface area contributed by atoms with E-state index >= 15 is 0 Å². The van der Waals surface area contributed by atoms with Crippen molar-refractivity contribution < 1.29 is 0 Å². The van der Waals surface area contributed by atoms with Gasteiger partial charge in [-0.15, -0.1) is 0 Å². The lowest BCUT2D eigenvalue weighted by atomic mass is 9.79. The predicted molar refractivity (Wildman–Crippen MR) is 83.3 cm³/mol.